The van der Waals surface area contributed by atoms with E-state index in [1.54, 1.807) is 12.1 Å². The average Bonchev–Trinajstić information content (AvgIpc) is 2.83. The second-order valence-corrected chi connectivity index (χ2v) is 5.88. The predicted molar refractivity (Wildman–Crippen MR) is 77.6 cm³/mol. The highest BCUT2D eigenvalue weighted by molar-refractivity contribution is 5.77. The van der Waals surface area contributed by atoms with E-state index in [9.17, 15) is 9.18 Å². The molecule has 114 valence electrons. The van der Waals surface area contributed by atoms with Crippen molar-refractivity contribution in [3.8, 4) is 5.75 Å². The van der Waals surface area contributed by atoms with E-state index in [0.717, 1.165) is 39.0 Å². The number of rotatable bonds is 3. The highest BCUT2D eigenvalue weighted by atomic mass is 19.1. The Kier molecular flexibility index (Phi) is 4.39. The van der Waals surface area contributed by atoms with Crippen LogP contribution in [0.3, 0.4) is 0 Å². The number of fused-ring (bicyclic) bond motifs is 1. The Balaban J connectivity index is 1.51. The Labute approximate surface area is 124 Å². The van der Waals surface area contributed by atoms with E-state index in [-0.39, 0.29) is 18.3 Å². The van der Waals surface area contributed by atoms with Gasteiger partial charge in [-0.05, 0) is 49.9 Å². The fourth-order valence-electron chi connectivity index (χ4n) is 3.26. The molecule has 1 aromatic carbocycles. The van der Waals surface area contributed by atoms with Crippen molar-refractivity contribution < 1.29 is 13.9 Å². The van der Waals surface area contributed by atoms with E-state index in [4.69, 9.17) is 4.74 Å². The minimum absolute atomic E-state index is 0.00723. The summed E-state index contributed by atoms with van der Waals surface area (Å²) in [4.78, 5) is 14.1. The van der Waals surface area contributed by atoms with Crippen molar-refractivity contribution in [1.29, 1.82) is 0 Å². The first kappa shape index (κ1) is 14.3. The number of benzene rings is 1. The summed E-state index contributed by atoms with van der Waals surface area (Å²) in [6.07, 6.45) is 2.12. The molecule has 0 saturated carbocycles. The smallest absolute Gasteiger partial charge is 0.260 e. The average molecular weight is 292 g/mol. The SMILES string of the molecule is O=C(COc1cccc(F)c1)N1CC[C@@H]2CNC[C@@H]2CC1. The molecule has 21 heavy (non-hydrogen) atoms. The number of halogens is 1. The van der Waals surface area contributed by atoms with Crippen LogP contribution in [0, 0.1) is 17.7 Å². The van der Waals surface area contributed by atoms with Gasteiger partial charge < -0.3 is 15.0 Å². The van der Waals surface area contributed by atoms with Crippen molar-refractivity contribution in [3.05, 3.63) is 30.1 Å². The monoisotopic (exact) mass is 292 g/mol. The van der Waals surface area contributed by atoms with Gasteiger partial charge in [0.2, 0.25) is 0 Å². The van der Waals surface area contributed by atoms with E-state index >= 15 is 0 Å². The maximum Gasteiger partial charge on any atom is 0.260 e. The molecular weight excluding hydrogens is 271 g/mol. The second-order valence-electron chi connectivity index (χ2n) is 5.88. The van der Waals surface area contributed by atoms with Crippen molar-refractivity contribution in [2.24, 2.45) is 11.8 Å². The van der Waals surface area contributed by atoms with Gasteiger partial charge in [-0.15, -0.1) is 0 Å². The minimum atomic E-state index is -0.352. The number of carbonyl (C=O) groups excluding carboxylic acids is 1. The molecule has 2 atom stereocenters. The Morgan fingerprint density at radius 1 is 1.29 bits per heavy atom. The molecule has 1 N–H and O–H groups in total. The molecule has 5 heteroatoms. The number of nitrogens with one attached hydrogen (secondary N) is 1. The lowest BCUT2D eigenvalue weighted by Gasteiger charge is -2.21. The van der Waals surface area contributed by atoms with Crippen LogP contribution in [0.5, 0.6) is 5.75 Å². The van der Waals surface area contributed by atoms with Crippen LogP contribution >= 0.6 is 0 Å². The number of hydrogen-bond donors (Lipinski definition) is 1. The lowest BCUT2D eigenvalue weighted by molar-refractivity contribution is -0.133. The van der Waals surface area contributed by atoms with Crippen LogP contribution in [0.1, 0.15) is 12.8 Å². The van der Waals surface area contributed by atoms with Gasteiger partial charge >= 0.3 is 0 Å². The van der Waals surface area contributed by atoms with Crippen molar-refractivity contribution in [2.75, 3.05) is 32.8 Å². The molecule has 2 fully saturated rings. The third-order valence-electron chi connectivity index (χ3n) is 4.53. The molecule has 0 radical (unpaired) electrons. The molecule has 2 saturated heterocycles. The summed E-state index contributed by atoms with van der Waals surface area (Å²) in [7, 11) is 0. The highest BCUT2D eigenvalue weighted by Crippen LogP contribution is 2.27. The summed E-state index contributed by atoms with van der Waals surface area (Å²) >= 11 is 0. The third-order valence-corrected chi connectivity index (χ3v) is 4.53. The number of nitrogens with zero attached hydrogens (tertiary/aromatic N) is 1. The van der Waals surface area contributed by atoms with Crippen LogP contribution in [-0.4, -0.2) is 43.6 Å². The first-order valence-electron chi connectivity index (χ1n) is 7.59. The summed E-state index contributed by atoms with van der Waals surface area (Å²) in [6.45, 7) is 3.73. The maximum atomic E-state index is 13.1. The van der Waals surface area contributed by atoms with Crippen LogP contribution < -0.4 is 10.1 Å². The maximum absolute atomic E-state index is 13.1. The van der Waals surface area contributed by atoms with E-state index in [2.05, 4.69) is 5.32 Å². The Bertz CT molecular complexity index is 495. The fourth-order valence-corrected chi connectivity index (χ4v) is 3.26. The van der Waals surface area contributed by atoms with Crippen LogP contribution in [-0.2, 0) is 4.79 Å². The van der Waals surface area contributed by atoms with Crippen molar-refractivity contribution in [3.63, 3.8) is 0 Å². The van der Waals surface area contributed by atoms with Gasteiger partial charge in [-0.2, -0.15) is 0 Å². The van der Waals surface area contributed by atoms with Gasteiger partial charge in [-0.1, -0.05) is 6.07 Å². The lowest BCUT2D eigenvalue weighted by Crippen LogP contribution is -2.36. The summed E-state index contributed by atoms with van der Waals surface area (Å²) in [5, 5.41) is 3.42. The summed E-state index contributed by atoms with van der Waals surface area (Å²) in [5.41, 5.74) is 0. The molecule has 0 bridgehead atoms. The van der Waals surface area contributed by atoms with Gasteiger partial charge in [0.1, 0.15) is 11.6 Å². The quantitative estimate of drug-likeness (QED) is 0.921. The Morgan fingerprint density at radius 2 is 2.00 bits per heavy atom. The molecule has 0 aromatic heterocycles. The summed E-state index contributed by atoms with van der Waals surface area (Å²) < 4.78 is 18.4. The van der Waals surface area contributed by atoms with Gasteiger partial charge in [0.15, 0.2) is 6.61 Å². The number of amides is 1. The van der Waals surface area contributed by atoms with Crippen molar-refractivity contribution >= 4 is 5.91 Å². The van der Waals surface area contributed by atoms with Crippen molar-refractivity contribution in [2.45, 2.75) is 12.8 Å². The molecule has 0 spiro atoms. The zero-order valence-electron chi connectivity index (χ0n) is 12.1. The number of carbonyl (C=O) groups is 1. The van der Waals surface area contributed by atoms with E-state index in [1.807, 2.05) is 4.90 Å². The van der Waals surface area contributed by atoms with Crippen LogP contribution in [0.2, 0.25) is 0 Å². The molecule has 2 heterocycles. The normalized spacial score (nSPS) is 25.3. The first-order valence-corrected chi connectivity index (χ1v) is 7.59. The molecule has 0 unspecified atom stereocenters. The topological polar surface area (TPSA) is 41.6 Å². The molecule has 1 amide bonds. The summed E-state index contributed by atoms with van der Waals surface area (Å²) in [5.74, 6) is 1.44. The van der Waals surface area contributed by atoms with Crippen LogP contribution in [0.15, 0.2) is 24.3 Å². The first-order chi connectivity index (χ1) is 10.2. The fraction of sp³-hybridized carbons (Fsp3) is 0.562. The molecule has 4 nitrogen and oxygen atoms in total. The van der Waals surface area contributed by atoms with Gasteiger partial charge in [-0.3, -0.25) is 4.79 Å². The molecule has 3 rings (SSSR count). The van der Waals surface area contributed by atoms with Crippen molar-refractivity contribution in [1.82, 2.24) is 10.2 Å². The van der Waals surface area contributed by atoms with E-state index in [0.29, 0.717) is 17.6 Å². The van der Waals surface area contributed by atoms with Crippen LogP contribution in [0.25, 0.3) is 0 Å². The molecule has 0 aliphatic carbocycles. The zero-order valence-corrected chi connectivity index (χ0v) is 12.1. The zero-order chi connectivity index (χ0) is 14.7. The predicted octanol–water partition coefficient (Wildman–Crippen LogP) is 1.66. The lowest BCUT2D eigenvalue weighted by atomic mass is 9.92. The minimum Gasteiger partial charge on any atom is -0.484 e. The third kappa shape index (κ3) is 3.53. The molecule has 2 aliphatic heterocycles. The second kappa shape index (κ2) is 6.43. The highest BCUT2D eigenvalue weighted by Gasteiger charge is 2.31. The van der Waals surface area contributed by atoms with Gasteiger partial charge in [0.05, 0.1) is 0 Å². The van der Waals surface area contributed by atoms with E-state index in [1.165, 1.54) is 12.1 Å². The van der Waals surface area contributed by atoms with Gasteiger partial charge in [0, 0.05) is 19.2 Å². The van der Waals surface area contributed by atoms with E-state index < -0.39 is 0 Å². The summed E-state index contributed by atoms with van der Waals surface area (Å²) in [6, 6.07) is 5.90. The largest absolute Gasteiger partial charge is 0.484 e. The van der Waals surface area contributed by atoms with Crippen LogP contribution in [0.4, 0.5) is 4.39 Å². The van der Waals surface area contributed by atoms with Gasteiger partial charge in [-0.25, -0.2) is 4.39 Å². The molecular formula is C16H21FN2O2. The standard InChI is InChI=1S/C16H21FN2O2/c17-14-2-1-3-15(8-14)21-11-16(20)19-6-4-12-9-18-10-13(12)5-7-19/h1-3,8,12-13,18H,4-7,9-11H2/t12-,13+. The number of hydrogen-bond acceptors (Lipinski definition) is 3. The number of likely N-dealkylation sites (tertiary alicyclic amines) is 1. The van der Waals surface area contributed by atoms with Gasteiger partial charge in [0.25, 0.3) is 5.91 Å². The Morgan fingerprint density at radius 3 is 2.67 bits per heavy atom. The Hall–Kier alpha value is -1.62. The molecule has 1 aromatic rings. The number of ether oxygens (including phenoxy) is 1. The molecule has 2 aliphatic rings.